The summed E-state index contributed by atoms with van der Waals surface area (Å²) in [4.78, 5) is 14.5. The van der Waals surface area contributed by atoms with E-state index in [-0.39, 0.29) is 12.5 Å². The zero-order chi connectivity index (χ0) is 18.5. The molecule has 0 aromatic heterocycles. The Balaban J connectivity index is 1.51. The van der Waals surface area contributed by atoms with Gasteiger partial charge in [0.25, 0.3) is 5.91 Å². The zero-order valence-electron chi connectivity index (χ0n) is 14.9. The van der Waals surface area contributed by atoms with Gasteiger partial charge in [0.1, 0.15) is 0 Å². The lowest BCUT2D eigenvalue weighted by Gasteiger charge is -2.30. The Kier molecular flexibility index (Phi) is 5.67. The van der Waals surface area contributed by atoms with Crippen molar-refractivity contribution < 1.29 is 9.90 Å². The molecular weight excluding hydrogens is 326 g/mol. The molecule has 134 valence electrons. The third-order valence-corrected chi connectivity index (χ3v) is 4.78. The average Bonchev–Trinajstić information content (AvgIpc) is 2.66. The first kappa shape index (κ1) is 18.1. The molecule has 0 spiro atoms. The monoisotopic (exact) mass is 349 g/mol. The molecule has 1 aliphatic rings. The molecule has 0 bridgehead atoms. The van der Waals surface area contributed by atoms with Gasteiger partial charge in [0.05, 0.1) is 17.7 Å². The second kappa shape index (κ2) is 8.13. The first-order valence-corrected chi connectivity index (χ1v) is 8.83. The molecule has 5 heteroatoms. The number of rotatable bonds is 5. The summed E-state index contributed by atoms with van der Waals surface area (Å²) >= 11 is 0. The van der Waals surface area contributed by atoms with Crippen molar-refractivity contribution in [2.45, 2.75) is 26.0 Å². The molecule has 0 aliphatic carbocycles. The van der Waals surface area contributed by atoms with Crippen LogP contribution in [-0.4, -0.2) is 41.7 Å². The minimum Gasteiger partial charge on any atom is -0.390 e. The van der Waals surface area contributed by atoms with Gasteiger partial charge in [0.2, 0.25) is 0 Å². The largest absolute Gasteiger partial charge is 0.390 e. The van der Waals surface area contributed by atoms with Crippen molar-refractivity contribution in [3.63, 3.8) is 0 Å². The molecule has 0 saturated heterocycles. The van der Waals surface area contributed by atoms with Crippen molar-refractivity contribution in [3.8, 4) is 6.07 Å². The van der Waals surface area contributed by atoms with Crippen LogP contribution < -0.4 is 5.32 Å². The minimum absolute atomic E-state index is 0.205. The highest BCUT2D eigenvalue weighted by Crippen LogP contribution is 2.18. The van der Waals surface area contributed by atoms with Crippen LogP contribution in [0.25, 0.3) is 0 Å². The number of hydrogen-bond donors (Lipinski definition) is 2. The summed E-state index contributed by atoms with van der Waals surface area (Å²) in [6.45, 7) is 4.28. The molecule has 1 aliphatic heterocycles. The predicted molar refractivity (Wildman–Crippen MR) is 99.7 cm³/mol. The Bertz CT molecular complexity index is 841. The van der Waals surface area contributed by atoms with Gasteiger partial charge in [0.15, 0.2) is 0 Å². The van der Waals surface area contributed by atoms with Crippen LogP contribution in [0.3, 0.4) is 0 Å². The van der Waals surface area contributed by atoms with Crippen LogP contribution in [0.5, 0.6) is 0 Å². The van der Waals surface area contributed by atoms with Gasteiger partial charge >= 0.3 is 0 Å². The van der Waals surface area contributed by atoms with E-state index in [0.29, 0.717) is 17.7 Å². The Morgan fingerprint density at radius 3 is 2.81 bits per heavy atom. The molecule has 1 heterocycles. The number of carbonyl (C=O) groups excluding carboxylic acids is 1. The number of β-amino-alcohol motifs (C(OH)–C–C–N with tert-alkyl or cyclic N) is 1. The van der Waals surface area contributed by atoms with Crippen LogP contribution in [0.15, 0.2) is 42.5 Å². The highest BCUT2D eigenvalue weighted by atomic mass is 16.3. The summed E-state index contributed by atoms with van der Waals surface area (Å²) < 4.78 is 0. The maximum absolute atomic E-state index is 12.3. The van der Waals surface area contributed by atoms with Crippen LogP contribution in [0, 0.1) is 18.3 Å². The third-order valence-electron chi connectivity index (χ3n) is 4.78. The number of aliphatic hydroxyl groups is 1. The number of amides is 1. The van der Waals surface area contributed by atoms with Gasteiger partial charge in [-0.2, -0.15) is 5.26 Å². The van der Waals surface area contributed by atoms with E-state index in [1.807, 2.05) is 6.07 Å². The predicted octanol–water partition coefficient (Wildman–Crippen LogP) is 2.02. The average molecular weight is 349 g/mol. The number of fused-ring (bicyclic) bond motifs is 1. The third kappa shape index (κ3) is 4.29. The lowest BCUT2D eigenvalue weighted by Crippen LogP contribution is -2.42. The lowest BCUT2D eigenvalue weighted by atomic mass is 10.00. The van der Waals surface area contributed by atoms with E-state index in [9.17, 15) is 9.90 Å². The van der Waals surface area contributed by atoms with E-state index in [4.69, 9.17) is 5.26 Å². The zero-order valence-corrected chi connectivity index (χ0v) is 14.9. The molecule has 1 atom stereocenters. The first-order valence-electron chi connectivity index (χ1n) is 8.83. The van der Waals surface area contributed by atoms with E-state index < -0.39 is 6.10 Å². The van der Waals surface area contributed by atoms with E-state index in [1.54, 1.807) is 25.1 Å². The summed E-state index contributed by atoms with van der Waals surface area (Å²) in [7, 11) is 0. The van der Waals surface area contributed by atoms with Crippen molar-refractivity contribution >= 4 is 5.91 Å². The van der Waals surface area contributed by atoms with Gasteiger partial charge in [-0.3, -0.25) is 9.69 Å². The summed E-state index contributed by atoms with van der Waals surface area (Å²) in [5.74, 6) is -0.227. The maximum atomic E-state index is 12.3. The van der Waals surface area contributed by atoms with Gasteiger partial charge in [-0.05, 0) is 48.2 Å². The van der Waals surface area contributed by atoms with E-state index in [1.165, 1.54) is 11.1 Å². The number of nitrogens with zero attached hydrogens (tertiary/aromatic N) is 2. The molecule has 0 radical (unpaired) electrons. The highest BCUT2D eigenvalue weighted by molar-refractivity contribution is 5.95. The molecule has 3 rings (SSSR count). The van der Waals surface area contributed by atoms with Crippen molar-refractivity contribution in [1.82, 2.24) is 10.2 Å². The molecule has 1 unspecified atom stereocenters. The van der Waals surface area contributed by atoms with Gasteiger partial charge < -0.3 is 10.4 Å². The van der Waals surface area contributed by atoms with Crippen molar-refractivity contribution in [2.24, 2.45) is 0 Å². The smallest absolute Gasteiger partial charge is 0.251 e. The molecule has 2 aromatic carbocycles. The van der Waals surface area contributed by atoms with Crippen LogP contribution in [-0.2, 0) is 13.0 Å². The topological polar surface area (TPSA) is 76.4 Å². The number of hydrogen-bond acceptors (Lipinski definition) is 4. The second-order valence-electron chi connectivity index (χ2n) is 6.76. The molecule has 5 nitrogen and oxygen atoms in total. The lowest BCUT2D eigenvalue weighted by molar-refractivity contribution is 0.0841. The normalized spacial score (nSPS) is 15.0. The van der Waals surface area contributed by atoms with E-state index >= 15 is 0 Å². The highest BCUT2D eigenvalue weighted by Gasteiger charge is 2.19. The molecule has 2 N–H and O–H groups in total. The maximum Gasteiger partial charge on any atom is 0.251 e. The van der Waals surface area contributed by atoms with Gasteiger partial charge in [-0.25, -0.2) is 0 Å². The van der Waals surface area contributed by atoms with E-state index in [2.05, 4.69) is 34.5 Å². The van der Waals surface area contributed by atoms with Crippen LogP contribution >= 0.6 is 0 Å². The number of aryl methyl sites for hydroxylation is 1. The van der Waals surface area contributed by atoms with Crippen molar-refractivity contribution in [2.75, 3.05) is 19.6 Å². The number of aliphatic hydroxyl groups excluding tert-OH is 1. The summed E-state index contributed by atoms with van der Waals surface area (Å²) in [6, 6.07) is 15.4. The standard InChI is InChI=1S/C21H23N3O2/c1-15-10-16(11-22)6-7-20(15)21(26)23-12-19(25)14-24-9-8-17-4-2-3-5-18(17)13-24/h2-7,10,19,25H,8-9,12-14H2,1H3,(H,23,26). The molecular formula is C21H23N3O2. The number of nitrogens with one attached hydrogen (secondary N) is 1. The van der Waals surface area contributed by atoms with Crippen LogP contribution in [0.1, 0.15) is 32.6 Å². The fourth-order valence-corrected chi connectivity index (χ4v) is 3.37. The van der Waals surface area contributed by atoms with Gasteiger partial charge in [0, 0.05) is 31.7 Å². The molecule has 26 heavy (non-hydrogen) atoms. The molecule has 2 aromatic rings. The molecule has 0 fully saturated rings. The first-order chi connectivity index (χ1) is 12.6. The quantitative estimate of drug-likeness (QED) is 0.866. The number of benzene rings is 2. The SMILES string of the molecule is Cc1cc(C#N)ccc1C(=O)NCC(O)CN1CCc2ccccc2C1. The van der Waals surface area contributed by atoms with Crippen LogP contribution in [0.2, 0.25) is 0 Å². The Morgan fingerprint density at radius 1 is 1.31 bits per heavy atom. The second-order valence-corrected chi connectivity index (χ2v) is 6.76. The Morgan fingerprint density at radius 2 is 2.08 bits per heavy atom. The fraction of sp³-hybridized carbons (Fsp3) is 0.333. The van der Waals surface area contributed by atoms with Gasteiger partial charge in [-0.15, -0.1) is 0 Å². The minimum atomic E-state index is -0.622. The van der Waals surface area contributed by atoms with Gasteiger partial charge in [-0.1, -0.05) is 24.3 Å². The Hall–Kier alpha value is -2.68. The number of nitriles is 1. The van der Waals surface area contributed by atoms with E-state index in [0.717, 1.165) is 25.1 Å². The molecule has 1 amide bonds. The molecule has 0 saturated carbocycles. The summed E-state index contributed by atoms with van der Waals surface area (Å²) in [5, 5.41) is 22.0. The fourth-order valence-electron chi connectivity index (χ4n) is 3.37. The Labute approximate surface area is 153 Å². The summed E-state index contributed by atoms with van der Waals surface area (Å²) in [6.07, 6.45) is 0.363. The number of carbonyl (C=O) groups is 1. The summed E-state index contributed by atoms with van der Waals surface area (Å²) in [5.41, 5.74) is 4.50. The van der Waals surface area contributed by atoms with Crippen LogP contribution in [0.4, 0.5) is 0 Å². The van der Waals surface area contributed by atoms with Crippen molar-refractivity contribution in [3.05, 3.63) is 70.3 Å². The van der Waals surface area contributed by atoms with Crippen molar-refractivity contribution in [1.29, 1.82) is 5.26 Å².